The van der Waals surface area contributed by atoms with Crippen LogP contribution < -0.4 is 0 Å². The monoisotopic (exact) mass is 353 g/mol. The summed E-state index contributed by atoms with van der Waals surface area (Å²) in [7, 11) is 0. The van der Waals surface area contributed by atoms with Gasteiger partial charge in [0.25, 0.3) is 0 Å². The number of fused-ring (bicyclic) bond motifs is 1. The predicted molar refractivity (Wildman–Crippen MR) is 94.8 cm³/mol. The molecule has 7 nitrogen and oxygen atoms in total. The molecule has 0 bridgehead atoms. The second kappa shape index (κ2) is 7.23. The number of aliphatic carboxylic acids is 1. The molecule has 25 heavy (non-hydrogen) atoms. The van der Waals surface area contributed by atoms with Crippen LogP contribution >= 0.6 is 11.8 Å². The highest BCUT2D eigenvalue weighted by Gasteiger charge is 2.15. The van der Waals surface area contributed by atoms with E-state index in [0.717, 1.165) is 28.2 Å². The van der Waals surface area contributed by atoms with Crippen LogP contribution in [0.5, 0.6) is 0 Å². The number of aryl methyl sites for hydroxylation is 1. The number of aromatic amines is 1. The van der Waals surface area contributed by atoms with Gasteiger partial charge in [-0.2, -0.15) is 5.26 Å². The van der Waals surface area contributed by atoms with Crippen LogP contribution in [0, 0.1) is 11.3 Å². The number of para-hydroxylation sites is 1. The Balaban J connectivity index is 2.02. The number of nitrogens with one attached hydrogen (secondary N) is 1. The molecule has 0 fully saturated rings. The van der Waals surface area contributed by atoms with Crippen molar-refractivity contribution in [3.8, 4) is 6.07 Å². The number of aromatic nitrogens is 4. The first-order valence-corrected chi connectivity index (χ1v) is 8.43. The number of benzene rings is 1. The number of carbonyl (C=O) groups is 1. The fourth-order valence-electron chi connectivity index (χ4n) is 2.45. The van der Waals surface area contributed by atoms with E-state index in [-0.39, 0.29) is 11.4 Å². The van der Waals surface area contributed by atoms with Gasteiger partial charge in [-0.3, -0.25) is 5.10 Å². The van der Waals surface area contributed by atoms with E-state index in [0.29, 0.717) is 17.4 Å². The molecule has 0 unspecified atom stereocenters. The highest BCUT2D eigenvalue weighted by Crippen LogP contribution is 2.29. The maximum absolute atomic E-state index is 11.6. The number of carboxylic acid groups (broad SMARTS) is 1. The summed E-state index contributed by atoms with van der Waals surface area (Å²) in [6, 6.07) is 9.69. The van der Waals surface area contributed by atoms with Crippen LogP contribution in [0.1, 0.15) is 18.3 Å². The summed E-state index contributed by atoms with van der Waals surface area (Å²) < 4.78 is 1.80. The van der Waals surface area contributed by atoms with E-state index in [2.05, 4.69) is 21.3 Å². The van der Waals surface area contributed by atoms with Gasteiger partial charge in [-0.15, -0.1) is 5.10 Å². The normalized spacial score (nSPS) is 11.6. The maximum atomic E-state index is 11.6. The molecule has 0 aliphatic heterocycles. The highest BCUT2D eigenvalue weighted by molar-refractivity contribution is 8.04. The topological polar surface area (TPSA) is 108 Å². The zero-order valence-electron chi connectivity index (χ0n) is 13.4. The Bertz CT molecular complexity index is 996. The number of thioether (sulfide) groups is 1. The molecule has 3 rings (SSSR count). The predicted octanol–water partition coefficient (Wildman–Crippen LogP) is 3.06. The quantitative estimate of drug-likeness (QED) is 0.521. The van der Waals surface area contributed by atoms with Crippen LogP contribution in [0.15, 0.2) is 40.5 Å². The van der Waals surface area contributed by atoms with Crippen molar-refractivity contribution < 1.29 is 9.90 Å². The Hall–Kier alpha value is -3.05. The Labute approximate surface area is 148 Å². The molecule has 0 radical (unpaired) electrons. The number of hydrogen-bond donors (Lipinski definition) is 2. The summed E-state index contributed by atoms with van der Waals surface area (Å²) >= 11 is 0.993. The zero-order chi connectivity index (χ0) is 17.8. The minimum atomic E-state index is -1.05. The first kappa shape index (κ1) is 16.8. The molecule has 8 heteroatoms. The van der Waals surface area contributed by atoms with E-state index in [1.807, 2.05) is 31.2 Å². The first-order chi connectivity index (χ1) is 12.1. The van der Waals surface area contributed by atoms with Gasteiger partial charge >= 0.3 is 5.97 Å². The van der Waals surface area contributed by atoms with Crippen molar-refractivity contribution in [1.82, 2.24) is 19.7 Å². The Morgan fingerprint density at radius 3 is 2.96 bits per heavy atom. The molecular weight excluding hydrogens is 338 g/mol. The van der Waals surface area contributed by atoms with E-state index >= 15 is 0 Å². The number of rotatable bonds is 6. The molecule has 0 saturated heterocycles. The molecule has 1 aromatic carbocycles. The van der Waals surface area contributed by atoms with Gasteiger partial charge < -0.3 is 9.67 Å². The van der Waals surface area contributed by atoms with Gasteiger partial charge in [0.1, 0.15) is 17.3 Å². The second-order valence-corrected chi connectivity index (χ2v) is 6.23. The molecule has 126 valence electrons. The fourth-order valence-corrected chi connectivity index (χ4v) is 3.17. The number of nitriles is 1. The van der Waals surface area contributed by atoms with Crippen molar-refractivity contribution in [2.75, 3.05) is 0 Å². The van der Waals surface area contributed by atoms with Gasteiger partial charge in [0.05, 0.1) is 6.07 Å². The maximum Gasteiger partial charge on any atom is 0.342 e. The van der Waals surface area contributed by atoms with Crippen molar-refractivity contribution in [2.45, 2.75) is 25.0 Å². The third-order valence-corrected chi connectivity index (χ3v) is 4.48. The largest absolute Gasteiger partial charge is 0.477 e. The van der Waals surface area contributed by atoms with E-state index in [1.54, 1.807) is 16.8 Å². The lowest BCUT2D eigenvalue weighted by Gasteiger charge is -1.98. The minimum absolute atomic E-state index is 0.113. The number of nitrogens with zero attached hydrogens (tertiary/aromatic N) is 4. The third-order valence-electron chi connectivity index (χ3n) is 3.61. The van der Waals surface area contributed by atoms with Crippen molar-refractivity contribution >= 4 is 34.7 Å². The molecule has 2 heterocycles. The molecule has 0 saturated carbocycles. The van der Waals surface area contributed by atoms with Crippen molar-refractivity contribution in [3.63, 3.8) is 0 Å². The number of hydrogen-bond acceptors (Lipinski definition) is 5. The van der Waals surface area contributed by atoms with Gasteiger partial charge in [-0.05, 0) is 23.9 Å². The Morgan fingerprint density at radius 2 is 2.28 bits per heavy atom. The smallest absolute Gasteiger partial charge is 0.342 e. The van der Waals surface area contributed by atoms with Crippen LogP contribution in [0.4, 0.5) is 0 Å². The van der Waals surface area contributed by atoms with E-state index in [1.165, 1.54) is 0 Å². The average molecular weight is 353 g/mol. The lowest BCUT2D eigenvalue weighted by Crippen LogP contribution is -1.97. The fraction of sp³-hybridized carbons (Fsp3) is 0.176. The van der Waals surface area contributed by atoms with Gasteiger partial charge in [-0.1, -0.05) is 25.1 Å². The Morgan fingerprint density at radius 1 is 1.48 bits per heavy atom. The summed E-state index contributed by atoms with van der Waals surface area (Å²) in [5.74, 6) is -0.345. The molecule has 2 aromatic heterocycles. The van der Waals surface area contributed by atoms with Crippen LogP contribution in [-0.2, 0) is 17.8 Å². The van der Waals surface area contributed by atoms with Gasteiger partial charge in [0, 0.05) is 29.1 Å². The van der Waals surface area contributed by atoms with E-state index in [4.69, 9.17) is 5.26 Å². The summed E-state index contributed by atoms with van der Waals surface area (Å²) in [6.07, 6.45) is 4.07. The minimum Gasteiger partial charge on any atom is -0.477 e. The SMILES string of the molecule is CCc1nc(S/C(=C/c2cn(CC#N)c3ccccc23)C(=O)O)n[nH]1. The van der Waals surface area contributed by atoms with Gasteiger partial charge in [0.15, 0.2) is 0 Å². The molecule has 0 aliphatic carbocycles. The van der Waals surface area contributed by atoms with Crippen molar-refractivity contribution in [2.24, 2.45) is 0 Å². The van der Waals surface area contributed by atoms with Crippen molar-refractivity contribution in [1.29, 1.82) is 5.26 Å². The first-order valence-electron chi connectivity index (χ1n) is 7.61. The summed E-state index contributed by atoms with van der Waals surface area (Å²) in [4.78, 5) is 16.0. The lowest BCUT2D eigenvalue weighted by molar-refractivity contribution is -0.131. The van der Waals surface area contributed by atoms with Crippen molar-refractivity contribution in [3.05, 3.63) is 46.8 Å². The second-order valence-electron chi connectivity index (χ2n) is 5.22. The molecule has 3 aromatic rings. The van der Waals surface area contributed by atoms with Gasteiger partial charge in [-0.25, -0.2) is 9.78 Å². The number of H-pyrrole nitrogens is 1. The van der Waals surface area contributed by atoms with E-state index in [9.17, 15) is 9.90 Å². The molecular formula is C17H15N5O2S. The summed E-state index contributed by atoms with van der Waals surface area (Å²) in [5, 5.41) is 26.6. The highest BCUT2D eigenvalue weighted by atomic mass is 32.2. The molecule has 0 amide bonds. The third kappa shape index (κ3) is 3.56. The standard InChI is InChI=1S/C17H15N5O2S/c1-2-15-19-17(21-20-15)25-14(16(23)24)9-11-10-22(8-7-18)13-6-4-3-5-12(11)13/h3-6,9-10H,2,8H2,1H3,(H,23,24)(H,19,20,21)/b14-9+. The van der Waals surface area contributed by atoms with Crippen LogP contribution in [0.25, 0.3) is 17.0 Å². The van der Waals surface area contributed by atoms with E-state index < -0.39 is 5.97 Å². The van der Waals surface area contributed by atoms with Gasteiger partial charge in [0.2, 0.25) is 5.16 Å². The molecule has 0 spiro atoms. The molecule has 2 N–H and O–H groups in total. The molecule has 0 aliphatic rings. The number of carboxylic acids is 1. The van der Waals surface area contributed by atoms with Crippen LogP contribution in [0.3, 0.4) is 0 Å². The summed E-state index contributed by atoms with van der Waals surface area (Å²) in [6.45, 7) is 2.14. The van der Waals surface area contributed by atoms with Crippen LogP contribution in [0.2, 0.25) is 0 Å². The zero-order valence-corrected chi connectivity index (χ0v) is 14.2. The summed E-state index contributed by atoms with van der Waals surface area (Å²) in [5.41, 5.74) is 1.62. The van der Waals surface area contributed by atoms with Crippen LogP contribution in [-0.4, -0.2) is 30.8 Å². The average Bonchev–Trinajstić information content (AvgIpc) is 3.20. The Kier molecular flexibility index (Phi) is 4.86. The lowest BCUT2D eigenvalue weighted by atomic mass is 10.1. The molecule has 0 atom stereocenters.